The summed E-state index contributed by atoms with van der Waals surface area (Å²) in [6.45, 7) is 4.02. The second-order valence-corrected chi connectivity index (χ2v) is 7.22. The summed E-state index contributed by atoms with van der Waals surface area (Å²) in [6, 6.07) is 13.5. The molecular weight excluding hydrogens is 382 g/mol. The number of thiocarbonyl (C=S) groups is 1. The van der Waals surface area contributed by atoms with Gasteiger partial charge in [-0.3, -0.25) is 9.69 Å². The van der Waals surface area contributed by atoms with E-state index in [9.17, 15) is 9.59 Å². The molecule has 0 saturated carbocycles. The van der Waals surface area contributed by atoms with Crippen molar-refractivity contribution in [3.63, 3.8) is 0 Å². The average Bonchev–Trinajstić information content (AvgIpc) is 2.94. The van der Waals surface area contributed by atoms with Crippen molar-refractivity contribution in [3.8, 4) is 5.75 Å². The predicted molar refractivity (Wildman–Crippen MR) is 111 cm³/mol. The summed E-state index contributed by atoms with van der Waals surface area (Å²) < 4.78 is 5.80. The Balaban J connectivity index is 1.83. The van der Waals surface area contributed by atoms with Gasteiger partial charge in [0.25, 0.3) is 5.91 Å². The lowest BCUT2D eigenvalue weighted by atomic mass is 10.1. The number of benzene rings is 2. The Morgan fingerprint density at radius 3 is 2.67 bits per heavy atom. The lowest BCUT2D eigenvalue weighted by molar-refractivity contribution is -0.113. The fraction of sp³-hybridized carbons (Fsp3) is 0.0500. The largest absolute Gasteiger partial charge is 0.490 e. The maximum atomic E-state index is 12.8. The number of rotatable bonds is 6. The van der Waals surface area contributed by atoms with E-state index in [1.165, 1.54) is 28.8 Å². The Bertz CT molecular complexity index is 951. The molecule has 1 saturated heterocycles. The Morgan fingerprint density at radius 2 is 2.00 bits per heavy atom. The molecule has 3 rings (SSSR count). The summed E-state index contributed by atoms with van der Waals surface area (Å²) in [6.07, 6.45) is 3.41. The van der Waals surface area contributed by atoms with Crippen LogP contribution in [0.4, 0.5) is 5.69 Å². The van der Waals surface area contributed by atoms with Gasteiger partial charge in [-0.2, -0.15) is 0 Å². The molecule has 0 radical (unpaired) electrons. The first kappa shape index (κ1) is 18.9. The van der Waals surface area contributed by atoms with E-state index >= 15 is 0 Å². The van der Waals surface area contributed by atoms with Crippen molar-refractivity contribution in [2.75, 3.05) is 11.5 Å². The molecule has 2 aromatic rings. The highest BCUT2D eigenvalue weighted by Crippen LogP contribution is 2.36. The molecule has 7 heteroatoms. The summed E-state index contributed by atoms with van der Waals surface area (Å²) in [5.74, 6) is -0.624. The highest BCUT2D eigenvalue weighted by Gasteiger charge is 2.33. The van der Waals surface area contributed by atoms with Gasteiger partial charge in [-0.15, -0.1) is 0 Å². The Labute approximate surface area is 165 Å². The minimum absolute atomic E-state index is 0.0978. The van der Waals surface area contributed by atoms with E-state index < -0.39 is 5.97 Å². The normalized spacial score (nSPS) is 15.3. The zero-order chi connectivity index (χ0) is 19.4. The molecule has 0 unspecified atom stereocenters. The lowest BCUT2D eigenvalue weighted by Crippen LogP contribution is -2.27. The van der Waals surface area contributed by atoms with Gasteiger partial charge in [0.2, 0.25) is 0 Å². The standard InChI is InChI=1S/C20H15NO4S2/c1-2-10-25-16-8-6-13(7-9-16)11-17-18(22)21(20(26)27-17)15-5-3-4-14(12-15)19(23)24/h2-9,11-12H,1,10H2,(H,23,24)/b17-11-. The topological polar surface area (TPSA) is 66.8 Å². The number of anilines is 1. The minimum atomic E-state index is -1.06. The van der Waals surface area contributed by atoms with Crippen molar-refractivity contribution in [2.45, 2.75) is 0 Å². The summed E-state index contributed by atoms with van der Waals surface area (Å²) in [4.78, 5) is 25.8. The summed E-state index contributed by atoms with van der Waals surface area (Å²) >= 11 is 6.50. The highest BCUT2D eigenvalue weighted by molar-refractivity contribution is 8.27. The zero-order valence-corrected chi connectivity index (χ0v) is 15.8. The monoisotopic (exact) mass is 397 g/mol. The number of thioether (sulfide) groups is 1. The van der Waals surface area contributed by atoms with Crippen LogP contribution < -0.4 is 9.64 Å². The molecule has 5 nitrogen and oxygen atoms in total. The van der Waals surface area contributed by atoms with Crippen LogP contribution in [0, 0.1) is 0 Å². The van der Waals surface area contributed by atoms with Crippen molar-refractivity contribution in [1.82, 2.24) is 0 Å². The Morgan fingerprint density at radius 1 is 1.26 bits per heavy atom. The van der Waals surface area contributed by atoms with Crippen LogP contribution in [0.3, 0.4) is 0 Å². The molecule has 2 aromatic carbocycles. The van der Waals surface area contributed by atoms with Crippen LogP contribution >= 0.6 is 24.0 Å². The first-order chi connectivity index (χ1) is 13.0. The quantitative estimate of drug-likeness (QED) is 0.444. The van der Waals surface area contributed by atoms with Crippen LogP contribution in [-0.4, -0.2) is 27.9 Å². The number of carboxylic acid groups (broad SMARTS) is 1. The van der Waals surface area contributed by atoms with E-state index in [4.69, 9.17) is 22.1 Å². The van der Waals surface area contributed by atoms with E-state index in [-0.39, 0.29) is 11.5 Å². The Kier molecular flexibility index (Phi) is 5.73. The van der Waals surface area contributed by atoms with Crippen molar-refractivity contribution in [2.24, 2.45) is 0 Å². The van der Waals surface area contributed by atoms with Gasteiger partial charge in [0.1, 0.15) is 12.4 Å². The van der Waals surface area contributed by atoms with Gasteiger partial charge >= 0.3 is 5.97 Å². The molecule has 1 N–H and O–H groups in total. The van der Waals surface area contributed by atoms with Crippen LogP contribution in [0.15, 0.2) is 66.1 Å². The molecule has 1 heterocycles. The molecule has 0 spiro atoms. The first-order valence-electron chi connectivity index (χ1n) is 7.94. The number of hydrogen-bond donors (Lipinski definition) is 1. The molecule has 0 atom stereocenters. The Hall–Kier alpha value is -2.90. The van der Waals surface area contributed by atoms with Gasteiger partial charge in [-0.1, -0.05) is 54.8 Å². The van der Waals surface area contributed by atoms with Crippen molar-refractivity contribution in [3.05, 3.63) is 77.2 Å². The zero-order valence-electron chi connectivity index (χ0n) is 14.1. The number of carbonyl (C=O) groups is 2. The van der Waals surface area contributed by atoms with Crippen molar-refractivity contribution < 1.29 is 19.4 Å². The second-order valence-electron chi connectivity index (χ2n) is 5.54. The third kappa shape index (κ3) is 4.27. The maximum Gasteiger partial charge on any atom is 0.335 e. The number of ether oxygens (including phenoxy) is 1. The van der Waals surface area contributed by atoms with Gasteiger partial charge in [0.15, 0.2) is 4.32 Å². The molecular formula is C20H15NO4S2. The minimum Gasteiger partial charge on any atom is -0.490 e. The maximum absolute atomic E-state index is 12.8. The van der Waals surface area contributed by atoms with Gasteiger partial charge in [0.05, 0.1) is 16.2 Å². The van der Waals surface area contributed by atoms with E-state index in [0.717, 1.165) is 5.56 Å². The molecule has 1 aliphatic rings. The number of nitrogens with zero attached hydrogens (tertiary/aromatic N) is 1. The smallest absolute Gasteiger partial charge is 0.335 e. The van der Waals surface area contributed by atoms with Crippen LogP contribution in [0.25, 0.3) is 6.08 Å². The van der Waals surface area contributed by atoms with Crippen molar-refractivity contribution >= 4 is 51.9 Å². The molecule has 27 heavy (non-hydrogen) atoms. The number of carbonyl (C=O) groups excluding carboxylic acids is 1. The number of amides is 1. The predicted octanol–water partition coefficient (Wildman–Crippen LogP) is 4.36. The SMILES string of the molecule is C=CCOc1ccc(/C=C2\SC(=S)N(c3cccc(C(=O)O)c3)C2=O)cc1. The average molecular weight is 397 g/mol. The van der Waals surface area contributed by atoms with Crippen LogP contribution in [0.2, 0.25) is 0 Å². The molecule has 1 amide bonds. The number of aromatic carboxylic acids is 1. The lowest BCUT2D eigenvalue weighted by Gasteiger charge is -2.14. The molecule has 0 aromatic heterocycles. The van der Waals surface area contributed by atoms with E-state index in [0.29, 0.717) is 27.3 Å². The van der Waals surface area contributed by atoms with Crippen LogP contribution in [0.5, 0.6) is 5.75 Å². The number of hydrogen-bond acceptors (Lipinski definition) is 5. The number of carboxylic acids is 1. The molecule has 1 fully saturated rings. The van der Waals surface area contributed by atoms with E-state index in [2.05, 4.69) is 6.58 Å². The summed E-state index contributed by atoms with van der Waals surface area (Å²) in [7, 11) is 0. The second kappa shape index (κ2) is 8.20. The van der Waals surface area contributed by atoms with E-state index in [1.807, 2.05) is 24.3 Å². The third-order valence-corrected chi connectivity index (χ3v) is 4.99. The fourth-order valence-electron chi connectivity index (χ4n) is 2.44. The van der Waals surface area contributed by atoms with Gasteiger partial charge < -0.3 is 9.84 Å². The van der Waals surface area contributed by atoms with Crippen LogP contribution in [-0.2, 0) is 4.79 Å². The van der Waals surface area contributed by atoms with Gasteiger partial charge in [-0.05, 0) is 42.0 Å². The third-order valence-electron chi connectivity index (χ3n) is 3.69. The van der Waals surface area contributed by atoms with E-state index in [1.54, 1.807) is 24.3 Å². The van der Waals surface area contributed by atoms with Gasteiger partial charge in [-0.25, -0.2) is 4.79 Å². The summed E-state index contributed by atoms with van der Waals surface area (Å²) in [5.41, 5.74) is 1.37. The molecule has 136 valence electrons. The van der Waals surface area contributed by atoms with Crippen molar-refractivity contribution in [1.29, 1.82) is 0 Å². The fourth-order valence-corrected chi connectivity index (χ4v) is 3.73. The summed E-state index contributed by atoms with van der Waals surface area (Å²) in [5, 5.41) is 9.14. The van der Waals surface area contributed by atoms with Gasteiger partial charge in [0, 0.05) is 0 Å². The molecule has 0 aliphatic carbocycles. The molecule has 0 bridgehead atoms. The first-order valence-corrected chi connectivity index (χ1v) is 9.17. The van der Waals surface area contributed by atoms with Crippen LogP contribution in [0.1, 0.15) is 15.9 Å². The highest BCUT2D eigenvalue weighted by atomic mass is 32.2. The molecule has 1 aliphatic heterocycles.